The van der Waals surface area contributed by atoms with E-state index >= 15 is 0 Å². The highest BCUT2D eigenvalue weighted by Crippen LogP contribution is 2.66. The molecule has 0 spiro atoms. The third kappa shape index (κ3) is 6.10. The summed E-state index contributed by atoms with van der Waals surface area (Å²) >= 11 is 8.16. The molecular weight excluding hydrogens is 873 g/mol. The maximum Gasteiger partial charge on any atom is 0.591 e. The molecule has 0 N–H and O–H groups in total. The Bertz CT molecular complexity index is 1320. The van der Waals surface area contributed by atoms with Crippen molar-refractivity contribution in [2.24, 2.45) is 0 Å². The van der Waals surface area contributed by atoms with E-state index in [1.54, 1.807) is 0 Å². The fourth-order valence-corrected chi connectivity index (χ4v) is 69.6. The molecule has 56 heavy (non-hydrogen) atoms. The molecule has 13 aliphatic rings. The monoisotopic (exact) mass is 934 g/mol. The van der Waals surface area contributed by atoms with E-state index in [9.17, 15) is 0 Å². The minimum atomic E-state index is -4.27. The van der Waals surface area contributed by atoms with Crippen molar-refractivity contribution in [2.45, 2.75) is 219 Å². The van der Waals surface area contributed by atoms with E-state index in [0.717, 1.165) is 180 Å². The van der Waals surface area contributed by atoms with Gasteiger partial charge >= 0.3 is 69.7 Å². The van der Waals surface area contributed by atoms with Crippen LogP contribution in [-0.4, -0.2) is 69.7 Å². The Morgan fingerprint density at radius 3 is 0.482 bits per heavy atom. The van der Waals surface area contributed by atoms with E-state index in [4.69, 9.17) is 60.5 Å². The van der Waals surface area contributed by atoms with Gasteiger partial charge in [0.25, 0.3) is 0 Å². The van der Waals surface area contributed by atoms with Crippen LogP contribution in [0.1, 0.15) is 180 Å². The molecule has 6 aliphatic heterocycles. The van der Waals surface area contributed by atoms with Crippen molar-refractivity contribution < 1.29 is 49.4 Å². The molecular formula is C35H63ClO12Si8. The molecule has 0 atom stereocenters. The van der Waals surface area contributed by atoms with Crippen molar-refractivity contribution in [1.82, 2.24) is 0 Å². The predicted octanol–water partition coefficient (Wildman–Crippen LogP) is 10.1. The third-order valence-electron chi connectivity index (χ3n) is 16.3. The topological polar surface area (TPSA) is 111 Å². The van der Waals surface area contributed by atoms with Crippen molar-refractivity contribution in [3.05, 3.63) is 0 Å². The molecule has 6 heterocycles. The predicted molar refractivity (Wildman–Crippen MR) is 220 cm³/mol. The molecule has 0 aromatic rings. The van der Waals surface area contributed by atoms with Crippen molar-refractivity contribution >= 4 is 80.8 Å². The fourth-order valence-electron chi connectivity index (χ4n) is 13.5. The van der Waals surface area contributed by atoms with Crippen LogP contribution >= 0.6 is 11.1 Å². The highest BCUT2D eigenvalue weighted by atomic mass is 35.6. The van der Waals surface area contributed by atoms with E-state index in [1.807, 2.05) is 0 Å². The lowest BCUT2D eigenvalue weighted by Crippen LogP contribution is -2.90. The first kappa shape index (κ1) is 39.2. The second kappa shape index (κ2) is 14.3. The van der Waals surface area contributed by atoms with E-state index in [2.05, 4.69) is 0 Å². The van der Waals surface area contributed by atoms with Gasteiger partial charge in [-0.25, -0.2) is 0 Å². The van der Waals surface area contributed by atoms with Crippen molar-refractivity contribution in [1.29, 1.82) is 0 Å². The lowest BCUT2D eigenvalue weighted by Gasteiger charge is -2.66. The minimum Gasteiger partial charge on any atom is -0.373 e. The zero-order chi connectivity index (χ0) is 37.3. The Morgan fingerprint density at radius 1 is 0.214 bits per heavy atom. The Morgan fingerprint density at radius 2 is 0.339 bits per heavy atom. The summed E-state index contributed by atoms with van der Waals surface area (Å²) in [6.07, 6.45) is 28.7. The first-order valence-electron chi connectivity index (χ1n) is 23.3. The average Bonchev–Trinajstić information content (AvgIpc) is 4.02. The van der Waals surface area contributed by atoms with Crippen LogP contribution in [0.2, 0.25) is 38.8 Å². The molecule has 7 aliphatic carbocycles. The van der Waals surface area contributed by atoms with Crippen LogP contribution in [0.4, 0.5) is 0 Å². The molecule has 21 heteroatoms. The van der Waals surface area contributed by atoms with Crippen LogP contribution < -0.4 is 0 Å². The number of rotatable bonds is 7. The summed E-state index contributed by atoms with van der Waals surface area (Å²) in [5.41, 5.74) is 0.235. The first-order chi connectivity index (χ1) is 27.2. The van der Waals surface area contributed by atoms with Crippen molar-refractivity contribution in [2.75, 3.05) is 0 Å². The lowest BCUT2D eigenvalue weighted by molar-refractivity contribution is -0.0410. The molecule has 0 aromatic carbocycles. The zero-order valence-electron chi connectivity index (χ0n) is 33.1. The summed E-state index contributed by atoms with van der Waals surface area (Å²) in [5.74, 6) is 0. The van der Waals surface area contributed by atoms with E-state index < -0.39 is 69.7 Å². The van der Waals surface area contributed by atoms with Crippen molar-refractivity contribution in [3.63, 3.8) is 0 Å². The first-order valence-corrected chi connectivity index (χ1v) is 38.7. The Kier molecular flexibility index (Phi) is 9.98. The third-order valence-corrected chi connectivity index (χ3v) is 56.3. The van der Waals surface area contributed by atoms with Crippen LogP contribution in [0.25, 0.3) is 0 Å². The summed E-state index contributed by atoms with van der Waals surface area (Å²) in [5, 5.41) is 0. The van der Waals surface area contributed by atoms with Crippen LogP contribution in [0.5, 0.6) is 0 Å². The Balaban J connectivity index is 1.17. The lowest BCUT2D eigenvalue weighted by atomic mass is 10.4. The molecule has 314 valence electrons. The van der Waals surface area contributed by atoms with Gasteiger partial charge in [-0.15, -0.1) is 0 Å². The smallest absolute Gasteiger partial charge is 0.373 e. The van der Waals surface area contributed by atoms with E-state index in [1.165, 1.54) is 0 Å². The van der Waals surface area contributed by atoms with Gasteiger partial charge in [0.05, 0.1) is 0 Å². The van der Waals surface area contributed by atoms with E-state index in [-0.39, 0.29) is 38.8 Å². The van der Waals surface area contributed by atoms with E-state index in [0.29, 0.717) is 0 Å². The molecule has 0 amide bonds. The number of hydrogen-bond donors (Lipinski definition) is 0. The molecule has 0 aromatic heterocycles. The summed E-state index contributed by atoms with van der Waals surface area (Å²) in [7, 11) is -31.5. The summed E-state index contributed by atoms with van der Waals surface area (Å²) in [6, 6.07) is 0. The van der Waals surface area contributed by atoms with Gasteiger partial charge in [-0.1, -0.05) is 101 Å². The van der Waals surface area contributed by atoms with Crippen LogP contribution in [0, 0.1) is 0 Å². The highest BCUT2D eigenvalue weighted by molar-refractivity contribution is 7.18. The quantitative estimate of drug-likeness (QED) is 0.179. The Labute approximate surface area is 346 Å². The van der Waals surface area contributed by atoms with Gasteiger partial charge in [0.2, 0.25) is 0 Å². The minimum absolute atomic E-state index is 0.00353. The number of halogens is 1. The van der Waals surface area contributed by atoms with Crippen LogP contribution in [0.15, 0.2) is 0 Å². The summed E-state index contributed by atoms with van der Waals surface area (Å²) in [4.78, 5) is 0. The molecule has 7 saturated carbocycles. The van der Waals surface area contributed by atoms with Gasteiger partial charge in [-0.2, -0.15) is 0 Å². The maximum atomic E-state index is 8.32. The molecule has 12 nitrogen and oxygen atoms in total. The van der Waals surface area contributed by atoms with Gasteiger partial charge in [0, 0.05) is 38.8 Å². The zero-order valence-corrected chi connectivity index (χ0v) is 41.9. The highest BCUT2D eigenvalue weighted by Gasteiger charge is 2.88. The van der Waals surface area contributed by atoms with Gasteiger partial charge in [-0.05, 0) is 89.9 Å². The van der Waals surface area contributed by atoms with Crippen molar-refractivity contribution in [3.8, 4) is 0 Å². The standard InChI is InChI=1S/C35H63ClO12Si8/c36-56-46-53(33-23-9-10-24-33)40-50(30-17-3-4-18-30)37-49(29-15-1-2-16-29)38-51(42-53,31-19-5-6-20-31)44-55(48-56,35-27-13-14-28-35)45-52(39-49,32-21-7-8-22-32)43-54(41-50,47-56)34-25-11-12-26-34/h29-35H,1-28H2. The average molecular weight is 936 g/mol. The normalized spacial score (nSPS) is 51.4. The Hall–Kier alpha value is 1.55. The molecule has 8 bridgehead atoms. The van der Waals surface area contributed by atoms with Gasteiger partial charge < -0.3 is 49.4 Å². The molecule has 0 unspecified atom stereocenters. The van der Waals surface area contributed by atoms with Gasteiger partial charge in [0.1, 0.15) is 0 Å². The molecule has 13 rings (SSSR count). The van der Waals surface area contributed by atoms with Gasteiger partial charge in [0.15, 0.2) is 0 Å². The van der Waals surface area contributed by atoms with Crippen LogP contribution in [-0.2, 0) is 49.4 Å². The van der Waals surface area contributed by atoms with Crippen LogP contribution in [0.3, 0.4) is 0 Å². The molecule has 13 fully saturated rings. The second-order valence-electron chi connectivity index (χ2n) is 19.8. The largest absolute Gasteiger partial charge is 0.591 e. The number of hydrogen-bond acceptors (Lipinski definition) is 12. The van der Waals surface area contributed by atoms with Gasteiger partial charge in [-0.3, -0.25) is 0 Å². The molecule has 6 saturated heterocycles. The SMILES string of the molecule is Cl[Si]12O[Si]3(C4CCCC4)O[Si]4(C5CCCC5)O[Si](C5CCCC5)(O1)O[Si]1(C5CCCC5)O[Si](C5CCCC5)(O2)O[Si](C2CCCC2)(O3)O[Si](C2CCCC2)(O4)O1. The summed E-state index contributed by atoms with van der Waals surface area (Å²) < 4.78 is 97.4. The fraction of sp³-hybridized carbons (Fsp3) is 1.00. The molecule has 0 radical (unpaired) electrons. The maximum absolute atomic E-state index is 8.32. The summed E-state index contributed by atoms with van der Waals surface area (Å²) in [6.45, 7) is 0. The second-order valence-corrected chi connectivity index (χ2v) is 46.1.